The zero-order valence-electron chi connectivity index (χ0n) is 27.4. The number of fused-ring (bicyclic) bond motifs is 11. The van der Waals surface area contributed by atoms with Crippen LogP contribution in [0.4, 0.5) is 0 Å². The van der Waals surface area contributed by atoms with Crippen molar-refractivity contribution in [3.8, 4) is 28.5 Å². The van der Waals surface area contributed by atoms with Crippen LogP contribution in [0.2, 0.25) is 0 Å². The van der Waals surface area contributed by atoms with Crippen LogP contribution in [0.15, 0.2) is 157 Å². The van der Waals surface area contributed by atoms with Crippen LogP contribution in [0.3, 0.4) is 0 Å². The van der Waals surface area contributed by atoms with Gasteiger partial charge in [0.15, 0.2) is 11.6 Å². The van der Waals surface area contributed by atoms with Crippen LogP contribution in [0, 0.1) is 0 Å². The molecule has 11 rings (SSSR count). The molecule has 4 heteroatoms. The van der Waals surface area contributed by atoms with E-state index in [1.54, 1.807) is 0 Å². The summed E-state index contributed by atoms with van der Waals surface area (Å²) in [5.41, 5.74) is 13.5. The second kappa shape index (κ2) is 10.4. The molecule has 0 radical (unpaired) electrons. The third kappa shape index (κ3) is 3.68. The summed E-state index contributed by atoms with van der Waals surface area (Å²) in [7, 11) is 0. The van der Waals surface area contributed by atoms with Gasteiger partial charge in [0.1, 0.15) is 5.82 Å². The fourth-order valence-electron chi connectivity index (χ4n) is 9.16. The SMILES string of the molecule is C1=CC[C@@H](c2nc(-c3ccccc3)nc(-c3ccc4c(c3)-n3c5ccccc5c5cccc(c53)C43C4=C(CCC=C4)c4ccccc43)n2)C=C1. The summed E-state index contributed by atoms with van der Waals surface area (Å²) in [5, 5.41) is 2.55. The van der Waals surface area contributed by atoms with Crippen molar-refractivity contribution in [2.75, 3.05) is 0 Å². The highest BCUT2D eigenvalue weighted by atomic mass is 15.0. The Kier molecular flexibility index (Phi) is 5.80. The molecule has 50 heavy (non-hydrogen) atoms. The number of hydrogen-bond acceptors (Lipinski definition) is 3. The first-order valence-corrected chi connectivity index (χ1v) is 17.6. The largest absolute Gasteiger partial charge is 0.309 e. The number of rotatable bonds is 3. The molecule has 7 aromatic rings. The lowest BCUT2D eigenvalue weighted by molar-refractivity contribution is 0.738. The van der Waals surface area contributed by atoms with E-state index in [4.69, 9.17) is 15.0 Å². The molecule has 2 aromatic heterocycles. The summed E-state index contributed by atoms with van der Waals surface area (Å²) < 4.78 is 2.51. The first-order valence-electron chi connectivity index (χ1n) is 17.6. The molecule has 0 bridgehead atoms. The van der Waals surface area contributed by atoms with E-state index in [-0.39, 0.29) is 5.92 Å². The molecule has 0 saturated carbocycles. The van der Waals surface area contributed by atoms with Gasteiger partial charge >= 0.3 is 0 Å². The van der Waals surface area contributed by atoms with Crippen molar-refractivity contribution in [2.45, 2.75) is 30.6 Å². The molecule has 1 aliphatic heterocycles. The minimum Gasteiger partial charge on any atom is -0.309 e. The van der Waals surface area contributed by atoms with Gasteiger partial charge in [0.2, 0.25) is 0 Å². The number of benzene rings is 5. The topological polar surface area (TPSA) is 43.6 Å². The van der Waals surface area contributed by atoms with Crippen molar-refractivity contribution >= 4 is 27.4 Å². The molecule has 2 atom stereocenters. The van der Waals surface area contributed by atoms with Crippen molar-refractivity contribution in [3.05, 3.63) is 185 Å². The van der Waals surface area contributed by atoms with E-state index in [9.17, 15) is 0 Å². The molecule has 0 saturated heterocycles. The summed E-state index contributed by atoms with van der Waals surface area (Å²) in [5.74, 6) is 2.30. The Morgan fingerprint density at radius 1 is 0.640 bits per heavy atom. The molecular formula is C46H32N4. The van der Waals surface area contributed by atoms with Gasteiger partial charge in [-0.25, -0.2) is 15.0 Å². The standard InChI is InChI=1S/C46H32N4/c1-3-14-29(15-4-1)43-47-44(30-16-5-2-6-17-30)49-45(48-43)31-26-27-38-41(28-31)50-40-25-12-9-20-34(40)35-21-13-24-39(42(35)50)46(38)36-22-10-7-18-32(36)33-19-8-11-23-37(33)46/h1-7,9-16,18,20-28,30H,8,17,19H2/t30-,46?/m0/s1. The Balaban J connectivity index is 1.23. The summed E-state index contributed by atoms with van der Waals surface area (Å²) in [4.78, 5) is 15.4. The lowest BCUT2D eigenvalue weighted by Crippen LogP contribution is -2.34. The van der Waals surface area contributed by atoms with Crippen molar-refractivity contribution in [3.63, 3.8) is 0 Å². The van der Waals surface area contributed by atoms with Crippen LogP contribution in [-0.2, 0) is 5.41 Å². The summed E-state index contributed by atoms with van der Waals surface area (Å²) in [6.45, 7) is 0. The lowest BCUT2D eigenvalue weighted by atomic mass is 9.64. The van der Waals surface area contributed by atoms with Crippen LogP contribution >= 0.6 is 0 Å². The van der Waals surface area contributed by atoms with Crippen LogP contribution in [0.5, 0.6) is 0 Å². The van der Waals surface area contributed by atoms with Gasteiger partial charge in [0, 0.05) is 27.8 Å². The second-order valence-corrected chi connectivity index (χ2v) is 13.8. The highest BCUT2D eigenvalue weighted by Gasteiger charge is 2.51. The predicted octanol–water partition coefficient (Wildman–Crippen LogP) is 10.7. The maximum atomic E-state index is 5.20. The fraction of sp³-hybridized carbons (Fsp3) is 0.109. The van der Waals surface area contributed by atoms with E-state index in [2.05, 4.69) is 138 Å². The van der Waals surface area contributed by atoms with E-state index in [0.29, 0.717) is 11.6 Å². The zero-order valence-corrected chi connectivity index (χ0v) is 27.4. The van der Waals surface area contributed by atoms with Gasteiger partial charge in [-0.3, -0.25) is 0 Å². The summed E-state index contributed by atoms with van der Waals surface area (Å²) in [6.07, 6.45) is 16.4. The summed E-state index contributed by atoms with van der Waals surface area (Å²) >= 11 is 0. The number of nitrogens with zero attached hydrogens (tertiary/aromatic N) is 4. The van der Waals surface area contributed by atoms with E-state index in [0.717, 1.165) is 36.2 Å². The Morgan fingerprint density at radius 2 is 1.44 bits per heavy atom. The molecule has 0 fully saturated rings. The molecule has 3 heterocycles. The van der Waals surface area contributed by atoms with Gasteiger partial charge in [-0.1, -0.05) is 140 Å². The normalized spacial score (nSPS) is 19.7. The van der Waals surface area contributed by atoms with Crippen molar-refractivity contribution < 1.29 is 0 Å². The molecule has 4 aliphatic rings. The lowest BCUT2D eigenvalue weighted by Gasteiger charge is -2.40. The average molecular weight is 641 g/mol. The van der Waals surface area contributed by atoms with Crippen molar-refractivity contribution in [1.82, 2.24) is 19.5 Å². The average Bonchev–Trinajstić information content (AvgIpc) is 3.69. The second-order valence-electron chi connectivity index (χ2n) is 13.8. The van der Waals surface area contributed by atoms with E-state index < -0.39 is 5.41 Å². The highest BCUT2D eigenvalue weighted by molar-refractivity contribution is 6.13. The smallest absolute Gasteiger partial charge is 0.163 e. The predicted molar refractivity (Wildman–Crippen MR) is 202 cm³/mol. The third-order valence-corrected chi connectivity index (χ3v) is 11.2. The van der Waals surface area contributed by atoms with Gasteiger partial charge in [-0.05, 0) is 64.8 Å². The molecule has 0 N–H and O–H groups in total. The van der Waals surface area contributed by atoms with Gasteiger partial charge in [-0.2, -0.15) is 0 Å². The van der Waals surface area contributed by atoms with Gasteiger partial charge in [-0.15, -0.1) is 0 Å². The minimum absolute atomic E-state index is 0.100. The molecular weight excluding hydrogens is 609 g/mol. The third-order valence-electron chi connectivity index (χ3n) is 11.2. The Bertz CT molecular complexity index is 2690. The minimum atomic E-state index is -0.431. The van der Waals surface area contributed by atoms with Gasteiger partial charge < -0.3 is 4.57 Å². The van der Waals surface area contributed by atoms with E-state index in [1.807, 2.05) is 18.2 Å². The maximum Gasteiger partial charge on any atom is 0.163 e. The molecule has 1 spiro atoms. The molecule has 5 aromatic carbocycles. The first-order chi connectivity index (χ1) is 24.8. The highest BCUT2D eigenvalue weighted by Crippen LogP contribution is 2.61. The first kappa shape index (κ1) is 27.8. The van der Waals surface area contributed by atoms with Crippen LogP contribution in [-0.4, -0.2) is 19.5 Å². The quantitative estimate of drug-likeness (QED) is 0.193. The fourth-order valence-corrected chi connectivity index (χ4v) is 9.16. The number of hydrogen-bond donors (Lipinski definition) is 0. The monoisotopic (exact) mass is 640 g/mol. The van der Waals surface area contributed by atoms with Crippen molar-refractivity contribution in [2.24, 2.45) is 0 Å². The summed E-state index contributed by atoms with van der Waals surface area (Å²) in [6, 6.07) is 42.1. The number of allylic oxidation sites excluding steroid dienone is 8. The Morgan fingerprint density at radius 3 is 2.34 bits per heavy atom. The number of para-hydroxylation sites is 2. The molecule has 4 nitrogen and oxygen atoms in total. The Hall–Kier alpha value is -6.13. The molecule has 236 valence electrons. The zero-order chi connectivity index (χ0) is 32.8. The van der Waals surface area contributed by atoms with Gasteiger partial charge in [0.25, 0.3) is 0 Å². The van der Waals surface area contributed by atoms with Crippen LogP contribution in [0.25, 0.3) is 55.8 Å². The van der Waals surface area contributed by atoms with Gasteiger partial charge in [0.05, 0.1) is 22.1 Å². The van der Waals surface area contributed by atoms with E-state index in [1.165, 1.54) is 60.9 Å². The Labute approximate surface area is 290 Å². The van der Waals surface area contributed by atoms with E-state index >= 15 is 0 Å². The maximum absolute atomic E-state index is 5.20. The molecule has 0 amide bonds. The molecule has 1 unspecified atom stereocenters. The van der Waals surface area contributed by atoms with Crippen LogP contribution < -0.4 is 0 Å². The molecule has 3 aliphatic carbocycles. The van der Waals surface area contributed by atoms with Crippen molar-refractivity contribution in [1.29, 1.82) is 0 Å². The number of aromatic nitrogens is 4. The van der Waals surface area contributed by atoms with Crippen LogP contribution in [0.1, 0.15) is 53.3 Å².